The molecule has 1 aliphatic carbocycles. The molecule has 132 valence electrons. The van der Waals surface area contributed by atoms with E-state index in [-0.39, 0.29) is 12.5 Å². The van der Waals surface area contributed by atoms with Crippen LogP contribution in [0.15, 0.2) is 18.5 Å². The fraction of sp³-hybridized carbons (Fsp3) is 0.529. The SMILES string of the molecule is O=C(NC[C@@]1(O)CCN(c2ncccn2)C1)c1n[nH]c2c1CCCC2. The van der Waals surface area contributed by atoms with E-state index in [1.165, 1.54) is 0 Å². The number of amides is 1. The Hall–Kier alpha value is -2.48. The van der Waals surface area contributed by atoms with Crippen molar-refractivity contribution in [1.82, 2.24) is 25.5 Å². The Bertz CT molecular complexity index is 762. The molecule has 3 heterocycles. The van der Waals surface area contributed by atoms with Gasteiger partial charge < -0.3 is 15.3 Å². The first kappa shape index (κ1) is 16.0. The number of carbonyl (C=O) groups excluding carboxylic acids is 1. The maximum Gasteiger partial charge on any atom is 0.272 e. The van der Waals surface area contributed by atoms with E-state index in [4.69, 9.17) is 0 Å². The highest BCUT2D eigenvalue weighted by molar-refractivity contribution is 5.94. The summed E-state index contributed by atoms with van der Waals surface area (Å²) in [4.78, 5) is 22.8. The van der Waals surface area contributed by atoms with Crippen LogP contribution in [0.2, 0.25) is 0 Å². The lowest BCUT2D eigenvalue weighted by Gasteiger charge is -2.23. The minimum Gasteiger partial charge on any atom is -0.386 e. The molecule has 0 bridgehead atoms. The zero-order valence-electron chi connectivity index (χ0n) is 14.0. The van der Waals surface area contributed by atoms with E-state index in [0.29, 0.717) is 31.2 Å². The van der Waals surface area contributed by atoms with Crippen molar-refractivity contribution in [3.05, 3.63) is 35.4 Å². The summed E-state index contributed by atoms with van der Waals surface area (Å²) in [5.74, 6) is 0.383. The van der Waals surface area contributed by atoms with Gasteiger partial charge in [0, 0.05) is 36.7 Å². The van der Waals surface area contributed by atoms with Gasteiger partial charge >= 0.3 is 0 Å². The molecule has 0 spiro atoms. The molecule has 3 N–H and O–H groups in total. The second kappa shape index (κ2) is 6.44. The average Bonchev–Trinajstić information content (AvgIpc) is 3.25. The Morgan fingerprint density at radius 3 is 2.96 bits per heavy atom. The van der Waals surface area contributed by atoms with Crippen LogP contribution in [0.4, 0.5) is 5.95 Å². The first-order valence-corrected chi connectivity index (χ1v) is 8.73. The van der Waals surface area contributed by atoms with Crippen LogP contribution in [0.5, 0.6) is 0 Å². The number of aromatic amines is 1. The molecule has 0 aromatic carbocycles. The number of fused-ring (bicyclic) bond motifs is 1. The van der Waals surface area contributed by atoms with Crippen molar-refractivity contribution in [2.75, 3.05) is 24.5 Å². The number of β-amino-alcohol motifs (C(OH)–C–C–N with tert-alkyl or cyclic N) is 1. The number of H-pyrrole nitrogens is 1. The molecule has 1 saturated heterocycles. The molecule has 2 aromatic rings. The summed E-state index contributed by atoms with van der Waals surface area (Å²) in [5, 5.41) is 20.8. The van der Waals surface area contributed by atoms with Crippen LogP contribution in [0, 0.1) is 0 Å². The van der Waals surface area contributed by atoms with Gasteiger partial charge in [0.1, 0.15) is 5.60 Å². The van der Waals surface area contributed by atoms with Crippen molar-refractivity contribution in [2.45, 2.75) is 37.7 Å². The lowest BCUT2D eigenvalue weighted by molar-refractivity contribution is 0.0573. The second-order valence-electron chi connectivity index (χ2n) is 6.86. The van der Waals surface area contributed by atoms with E-state index in [2.05, 4.69) is 25.5 Å². The van der Waals surface area contributed by atoms with Crippen LogP contribution in [0.25, 0.3) is 0 Å². The summed E-state index contributed by atoms with van der Waals surface area (Å²) in [6, 6.07) is 1.76. The number of aryl methyl sites for hydroxylation is 1. The van der Waals surface area contributed by atoms with Gasteiger partial charge in [0.25, 0.3) is 5.91 Å². The summed E-state index contributed by atoms with van der Waals surface area (Å²) < 4.78 is 0. The number of hydrogen-bond donors (Lipinski definition) is 3. The number of nitrogens with zero attached hydrogens (tertiary/aromatic N) is 4. The third-order valence-electron chi connectivity index (χ3n) is 5.02. The molecule has 1 aliphatic heterocycles. The number of carbonyl (C=O) groups is 1. The molecule has 2 aliphatic rings. The fourth-order valence-corrected chi connectivity index (χ4v) is 3.62. The van der Waals surface area contributed by atoms with Crippen LogP contribution >= 0.6 is 0 Å². The van der Waals surface area contributed by atoms with E-state index in [1.807, 2.05) is 4.90 Å². The van der Waals surface area contributed by atoms with Crippen molar-refractivity contribution >= 4 is 11.9 Å². The van der Waals surface area contributed by atoms with Gasteiger partial charge in [0.2, 0.25) is 5.95 Å². The Kier molecular flexibility index (Phi) is 4.12. The zero-order valence-corrected chi connectivity index (χ0v) is 14.0. The molecule has 8 heteroatoms. The largest absolute Gasteiger partial charge is 0.386 e. The molecule has 1 atom stereocenters. The van der Waals surface area contributed by atoms with Gasteiger partial charge in [0.05, 0.1) is 6.54 Å². The number of aromatic nitrogens is 4. The van der Waals surface area contributed by atoms with Gasteiger partial charge in [-0.15, -0.1) is 0 Å². The maximum atomic E-state index is 12.5. The quantitative estimate of drug-likeness (QED) is 0.745. The van der Waals surface area contributed by atoms with E-state index in [0.717, 1.165) is 36.9 Å². The van der Waals surface area contributed by atoms with E-state index in [1.54, 1.807) is 18.5 Å². The third-order valence-corrected chi connectivity index (χ3v) is 5.02. The lowest BCUT2D eigenvalue weighted by Crippen LogP contribution is -2.45. The number of aliphatic hydroxyl groups is 1. The first-order valence-electron chi connectivity index (χ1n) is 8.73. The Balaban J connectivity index is 1.38. The first-order chi connectivity index (χ1) is 12.1. The fourth-order valence-electron chi connectivity index (χ4n) is 3.62. The van der Waals surface area contributed by atoms with Gasteiger partial charge in [-0.25, -0.2) is 9.97 Å². The zero-order chi connectivity index (χ0) is 17.3. The summed E-state index contributed by atoms with van der Waals surface area (Å²) in [6.45, 7) is 1.25. The van der Waals surface area contributed by atoms with Gasteiger partial charge in [-0.2, -0.15) is 5.10 Å². The molecule has 4 rings (SSSR count). The van der Waals surface area contributed by atoms with Crippen LogP contribution in [-0.4, -0.2) is 56.4 Å². The van der Waals surface area contributed by atoms with Gasteiger partial charge in [-0.05, 0) is 38.2 Å². The lowest BCUT2D eigenvalue weighted by atomic mass is 9.95. The number of hydrogen-bond acceptors (Lipinski definition) is 6. The number of nitrogens with one attached hydrogen (secondary N) is 2. The average molecular weight is 342 g/mol. The van der Waals surface area contributed by atoms with Crippen molar-refractivity contribution in [1.29, 1.82) is 0 Å². The number of rotatable bonds is 4. The van der Waals surface area contributed by atoms with Crippen LogP contribution in [0.1, 0.15) is 41.0 Å². The van der Waals surface area contributed by atoms with Crippen molar-refractivity contribution in [2.24, 2.45) is 0 Å². The smallest absolute Gasteiger partial charge is 0.272 e. The number of anilines is 1. The van der Waals surface area contributed by atoms with Crippen molar-refractivity contribution in [3.63, 3.8) is 0 Å². The monoisotopic (exact) mass is 342 g/mol. The molecule has 2 aromatic heterocycles. The van der Waals surface area contributed by atoms with Gasteiger partial charge in [-0.1, -0.05) is 0 Å². The van der Waals surface area contributed by atoms with Gasteiger partial charge in [-0.3, -0.25) is 9.89 Å². The molecule has 0 unspecified atom stereocenters. The molecule has 25 heavy (non-hydrogen) atoms. The molecule has 0 saturated carbocycles. The Morgan fingerprint density at radius 1 is 1.32 bits per heavy atom. The van der Waals surface area contributed by atoms with Crippen LogP contribution < -0.4 is 10.2 Å². The topological polar surface area (TPSA) is 107 Å². The molecule has 0 radical (unpaired) electrons. The second-order valence-corrected chi connectivity index (χ2v) is 6.86. The molecule has 1 fully saturated rings. The minimum absolute atomic E-state index is 0.191. The Morgan fingerprint density at radius 2 is 2.12 bits per heavy atom. The highest BCUT2D eigenvalue weighted by Crippen LogP contribution is 2.25. The molecule has 8 nitrogen and oxygen atoms in total. The molecular formula is C17H22N6O2. The summed E-state index contributed by atoms with van der Waals surface area (Å²) >= 11 is 0. The normalized spacial score (nSPS) is 22.7. The third kappa shape index (κ3) is 3.21. The Labute approximate surface area is 145 Å². The predicted octanol–water partition coefficient (Wildman–Crippen LogP) is 0.450. The highest BCUT2D eigenvalue weighted by atomic mass is 16.3. The van der Waals surface area contributed by atoms with Crippen molar-refractivity contribution in [3.8, 4) is 0 Å². The summed E-state index contributed by atoms with van der Waals surface area (Å²) in [6.07, 6.45) is 7.98. The maximum absolute atomic E-state index is 12.5. The van der Waals surface area contributed by atoms with Crippen molar-refractivity contribution < 1.29 is 9.90 Å². The van der Waals surface area contributed by atoms with E-state index >= 15 is 0 Å². The molecular weight excluding hydrogens is 320 g/mol. The highest BCUT2D eigenvalue weighted by Gasteiger charge is 2.37. The van der Waals surface area contributed by atoms with Gasteiger partial charge in [0.15, 0.2) is 5.69 Å². The standard InChI is InChI=1S/C17H22N6O2/c24-15(14-12-4-1-2-5-13(12)21-22-14)20-10-17(25)6-9-23(11-17)16-18-7-3-8-19-16/h3,7-8,25H,1-2,4-6,9-11H2,(H,20,24)(H,21,22)/t17-/m0/s1. The summed E-state index contributed by atoms with van der Waals surface area (Å²) in [5.41, 5.74) is 1.59. The summed E-state index contributed by atoms with van der Waals surface area (Å²) in [7, 11) is 0. The van der Waals surface area contributed by atoms with E-state index in [9.17, 15) is 9.90 Å². The minimum atomic E-state index is -0.981. The molecule has 1 amide bonds. The van der Waals surface area contributed by atoms with Crippen LogP contribution in [0.3, 0.4) is 0 Å². The van der Waals surface area contributed by atoms with Crippen LogP contribution in [-0.2, 0) is 12.8 Å². The van der Waals surface area contributed by atoms with E-state index < -0.39 is 5.60 Å². The predicted molar refractivity (Wildman–Crippen MR) is 91.4 cm³/mol.